The summed E-state index contributed by atoms with van der Waals surface area (Å²) in [4.78, 5) is 8.57. The topological polar surface area (TPSA) is 37.8 Å². The molecule has 0 saturated heterocycles. The summed E-state index contributed by atoms with van der Waals surface area (Å²) in [5.41, 5.74) is 0.922. The van der Waals surface area contributed by atoms with Crippen LogP contribution < -0.4 is 5.32 Å². The molecule has 1 N–H and O–H groups in total. The van der Waals surface area contributed by atoms with E-state index in [1.54, 1.807) is 7.05 Å². The summed E-state index contributed by atoms with van der Waals surface area (Å²) in [6.45, 7) is 2.05. The molecule has 1 aromatic heterocycles. The van der Waals surface area contributed by atoms with E-state index in [-0.39, 0.29) is 4.90 Å². The Morgan fingerprint density at radius 3 is 2.75 bits per heavy atom. The summed E-state index contributed by atoms with van der Waals surface area (Å²) in [7, 11) is 1.78. The normalized spacial score (nSPS) is 10.6. The van der Waals surface area contributed by atoms with Crippen LogP contribution in [0.4, 0.5) is 14.6 Å². The maximum absolute atomic E-state index is 13.7. The van der Waals surface area contributed by atoms with E-state index in [1.165, 1.54) is 12.4 Å². The summed E-state index contributed by atoms with van der Waals surface area (Å²) in [5.74, 6) is -0.196. The number of nitrogens with zero attached hydrogens (tertiary/aromatic N) is 2. The third-order valence-corrected chi connectivity index (χ3v) is 3.82. The molecule has 20 heavy (non-hydrogen) atoms. The van der Waals surface area contributed by atoms with Crippen LogP contribution in [-0.4, -0.2) is 17.0 Å². The molecule has 2 aromatic rings. The number of aromatic nitrogens is 2. The summed E-state index contributed by atoms with van der Waals surface area (Å²) in [5, 5.41) is 3.65. The standard InChI is InChI=1S/C14H15F2N3S/c1-3-4-10-13(17-2)18-8-19-14(10)20-12-7-9(15)5-6-11(12)16/h5-8H,3-4H2,1-2H3,(H,17,18,19). The first-order valence-electron chi connectivity index (χ1n) is 6.30. The van der Waals surface area contributed by atoms with Crippen LogP contribution in [0.5, 0.6) is 0 Å². The maximum Gasteiger partial charge on any atom is 0.137 e. The number of rotatable bonds is 5. The number of nitrogens with one attached hydrogen (secondary N) is 1. The van der Waals surface area contributed by atoms with Gasteiger partial charge in [-0.25, -0.2) is 18.7 Å². The average molecular weight is 295 g/mol. The molecule has 0 unspecified atom stereocenters. The van der Waals surface area contributed by atoms with Crippen LogP contribution in [0.1, 0.15) is 18.9 Å². The first-order chi connectivity index (χ1) is 9.65. The Labute approximate surface area is 120 Å². The van der Waals surface area contributed by atoms with Gasteiger partial charge in [0.2, 0.25) is 0 Å². The molecule has 0 fully saturated rings. The van der Waals surface area contributed by atoms with Crippen molar-refractivity contribution in [1.29, 1.82) is 0 Å². The summed E-state index contributed by atoms with van der Waals surface area (Å²) < 4.78 is 26.9. The van der Waals surface area contributed by atoms with Crippen LogP contribution in [0, 0.1) is 11.6 Å². The predicted octanol–water partition coefficient (Wildman–Crippen LogP) is 3.90. The van der Waals surface area contributed by atoms with Gasteiger partial charge in [0.25, 0.3) is 0 Å². The van der Waals surface area contributed by atoms with E-state index in [4.69, 9.17) is 0 Å². The van der Waals surface area contributed by atoms with Crippen molar-refractivity contribution in [2.24, 2.45) is 0 Å². The molecule has 6 heteroatoms. The van der Waals surface area contributed by atoms with E-state index >= 15 is 0 Å². The lowest BCUT2D eigenvalue weighted by atomic mass is 10.2. The largest absolute Gasteiger partial charge is 0.373 e. The third-order valence-electron chi connectivity index (χ3n) is 2.74. The van der Waals surface area contributed by atoms with Crippen molar-refractivity contribution >= 4 is 17.6 Å². The van der Waals surface area contributed by atoms with E-state index in [1.807, 2.05) is 6.92 Å². The van der Waals surface area contributed by atoms with Gasteiger partial charge in [-0.3, -0.25) is 0 Å². The zero-order chi connectivity index (χ0) is 14.5. The highest BCUT2D eigenvalue weighted by atomic mass is 32.2. The van der Waals surface area contributed by atoms with Crippen LogP contribution in [-0.2, 0) is 6.42 Å². The quantitative estimate of drug-likeness (QED) is 0.849. The minimum atomic E-state index is -0.464. The van der Waals surface area contributed by atoms with Crippen LogP contribution >= 0.6 is 11.8 Å². The van der Waals surface area contributed by atoms with Gasteiger partial charge < -0.3 is 5.32 Å². The molecule has 0 saturated carbocycles. The minimum Gasteiger partial charge on any atom is -0.373 e. The van der Waals surface area contributed by atoms with E-state index in [9.17, 15) is 8.78 Å². The van der Waals surface area contributed by atoms with E-state index in [0.717, 1.165) is 48.1 Å². The second kappa shape index (κ2) is 6.65. The summed E-state index contributed by atoms with van der Waals surface area (Å²) in [6.07, 6.45) is 3.11. The molecule has 1 aromatic carbocycles. The molecule has 0 aliphatic heterocycles. The second-order valence-electron chi connectivity index (χ2n) is 4.18. The van der Waals surface area contributed by atoms with Gasteiger partial charge in [-0.2, -0.15) is 0 Å². The molecule has 0 radical (unpaired) electrons. The van der Waals surface area contributed by atoms with Crippen LogP contribution in [0.2, 0.25) is 0 Å². The average Bonchev–Trinajstić information content (AvgIpc) is 2.45. The Balaban J connectivity index is 2.39. The Morgan fingerprint density at radius 1 is 1.25 bits per heavy atom. The molecule has 0 bridgehead atoms. The van der Waals surface area contributed by atoms with Gasteiger partial charge in [0.15, 0.2) is 0 Å². The fourth-order valence-corrected chi connectivity index (χ4v) is 2.80. The molecule has 106 valence electrons. The third kappa shape index (κ3) is 3.25. The van der Waals surface area contributed by atoms with Crippen molar-refractivity contribution in [2.75, 3.05) is 12.4 Å². The van der Waals surface area contributed by atoms with Gasteiger partial charge in [-0.1, -0.05) is 25.1 Å². The molecule has 1 heterocycles. The first kappa shape index (κ1) is 14.7. The van der Waals surface area contributed by atoms with Gasteiger partial charge >= 0.3 is 0 Å². The Hall–Kier alpha value is -1.69. The van der Waals surface area contributed by atoms with E-state index in [2.05, 4.69) is 15.3 Å². The van der Waals surface area contributed by atoms with Gasteiger partial charge in [0, 0.05) is 12.6 Å². The monoisotopic (exact) mass is 295 g/mol. The lowest BCUT2D eigenvalue weighted by Gasteiger charge is -2.11. The van der Waals surface area contributed by atoms with Crippen LogP contribution in [0.15, 0.2) is 34.4 Å². The smallest absolute Gasteiger partial charge is 0.137 e. The molecule has 2 rings (SSSR count). The number of hydrogen-bond donors (Lipinski definition) is 1. The van der Waals surface area contributed by atoms with Gasteiger partial charge in [-0.15, -0.1) is 0 Å². The Bertz CT molecular complexity index is 605. The fraction of sp³-hybridized carbons (Fsp3) is 0.286. The maximum atomic E-state index is 13.7. The number of halogens is 2. The second-order valence-corrected chi connectivity index (χ2v) is 5.21. The minimum absolute atomic E-state index is 0.225. The zero-order valence-corrected chi connectivity index (χ0v) is 12.1. The number of benzene rings is 1. The lowest BCUT2D eigenvalue weighted by molar-refractivity contribution is 0.577. The van der Waals surface area contributed by atoms with Crippen LogP contribution in [0.3, 0.4) is 0 Å². The zero-order valence-electron chi connectivity index (χ0n) is 11.3. The molecular formula is C14H15F2N3S. The van der Waals surface area contributed by atoms with Gasteiger partial charge in [0.05, 0.1) is 4.90 Å². The fourth-order valence-electron chi connectivity index (χ4n) is 1.83. The Kier molecular flexibility index (Phi) is 4.89. The lowest BCUT2D eigenvalue weighted by Crippen LogP contribution is -2.02. The van der Waals surface area contributed by atoms with Crippen LogP contribution in [0.25, 0.3) is 0 Å². The van der Waals surface area contributed by atoms with Crippen molar-refractivity contribution in [3.05, 3.63) is 41.7 Å². The summed E-state index contributed by atoms with van der Waals surface area (Å²) >= 11 is 1.12. The first-order valence-corrected chi connectivity index (χ1v) is 7.12. The predicted molar refractivity (Wildman–Crippen MR) is 76.1 cm³/mol. The number of anilines is 1. The molecule has 0 aliphatic rings. The molecule has 0 spiro atoms. The van der Waals surface area contributed by atoms with Crippen molar-refractivity contribution in [1.82, 2.24) is 9.97 Å². The van der Waals surface area contributed by atoms with Crippen molar-refractivity contribution in [3.63, 3.8) is 0 Å². The highest BCUT2D eigenvalue weighted by Crippen LogP contribution is 2.33. The molecule has 0 amide bonds. The highest BCUT2D eigenvalue weighted by Gasteiger charge is 2.13. The van der Waals surface area contributed by atoms with Gasteiger partial charge in [-0.05, 0) is 24.6 Å². The molecular weight excluding hydrogens is 280 g/mol. The molecule has 3 nitrogen and oxygen atoms in total. The Morgan fingerprint density at radius 2 is 2.05 bits per heavy atom. The molecule has 0 atom stereocenters. The molecule has 0 aliphatic carbocycles. The summed E-state index contributed by atoms with van der Waals surface area (Å²) in [6, 6.07) is 3.40. The van der Waals surface area contributed by atoms with Crippen molar-refractivity contribution in [3.8, 4) is 0 Å². The number of hydrogen-bond acceptors (Lipinski definition) is 4. The van der Waals surface area contributed by atoms with Crippen molar-refractivity contribution in [2.45, 2.75) is 29.7 Å². The van der Waals surface area contributed by atoms with E-state index in [0.29, 0.717) is 5.03 Å². The SMILES string of the molecule is CCCc1c(NC)ncnc1Sc1cc(F)ccc1F. The van der Waals surface area contributed by atoms with Gasteiger partial charge in [0.1, 0.15) is 28.8 Å². The van der Waals surface area contributed by atoms with E-state index < -0.39 is 11.6 Å². The highest BCUT2D eigenvalue weighted by molar-refractivity contribution is 7.99. The van der Waals surface area contributed by atoms with Crippen molar-refractivity contribution < 1.29 is 8.78 Å².